The zero-order valence-electron chi connectivity index (χ0n) is 12.1. The van der Waals surface area contributed by atoms with Gasteiger partial charge in [0.1, 0.15) is 5.82 Å². The average molecular weight is 343 g/mol. The van der Waals surface area contributed by atoms with Crippen molar-refractivity contribution in [2.24, 2.45) is 11.8 Å². The first-order valence-corrected chi connectivity index (χ1v) is 8.52. The molecule has 1 aliphatic carbocycles. The molecule has 0 heterocycles. The Kier molecular flexibility index (Phi) is 6.03. The van der Waals surface area contributed by atoms with Crippen LogP contribution in [0.3, 0.4) is 0 Å². The Morgan fingerprint density at radius 1 is 1.30 bits per heavy atom. The van der Waals surface area contributed by atoms with Gasteiger partial charge in [0.2, 0.25) is 0 Å². The van der Waals surface area contributed by atoms with Gasteiger partial charge in [0.15, 0.2) is 0 Å². The molecule has 3 heteroatoms. The summed E-state index contributed by atoms with van der Waals surface area (Å²) in [4.78, 5) is 0. The smallest absolute Gasteiger partial charge is 0.137 e. The van der Waals surface area contributed by atoms with E-state index < -0.39 is 0 Å². The monoisotopic (exact) mass is 342 g/mol. The fourth-order valence-electron chi connectivity index (χ4n) is 3.37. The van der Waals surface area contributed by atoms with Gasteiger partial charge < -0.3 is 5.11 Å². The van der Waals surface area contributed by atoms with E-state index in [1.54, 1.807) is 6.07 Å². The lowest BCUT2D eigenvalue weighted by Gasteiger charge is -2.31. The van der Waals surface area contributed by atoms with Crippen LogP contribution in [0.15, 0.2) is 22.7 Å². The van der Waals surface area contributed by atoms with Gasteiger partial charge in [-0.25, -0.2) is 4.39 Å². The number of rotatable bonds is 5. The van der Waals surface area contributed by atoms with Crippen LogP contribution in [-0.4, -0.2) is 11.2 Å². The van der Waals surface area contributed by atoms with Crippen LogP contribution in [0.4, 0.5) is 4.39 Å². The van der Waals surface area contributed by atoms with Crippen LogP contribution in [0.1, 0.15) is 51.0 Å². The van der Waals surface area contributed by atoms with Crippen molar-refractivity contribution in [3.63, 3.8) is 0 Å². The molecular weight excluding hydrogens is 319 g/mol. The molecule has 1 unspecified atom stereocenters. The summed E-state index contributed by atoms with van der Waals surface area (Å²) in [5.41, 5.74) is 0.869. The molecule has 1 aliphatic rings. The summed E-state index contributed by atoms with van der Waals surface area (Å²) in [6.07, 6.45) is 7.46. The van der Waals surface area contributed by atoms with E-state index in [4.69, 9.17) is 0 Å². The molecule has 0 aliphatic heterocycles. The minimum Gasteiger partial charge on any atom is -0.392 e. The van der Waals surface area contributed by atoms with Gasteiger partial charge in [-0.05, 0) is 58.7 Å². The third-order valence-electron chi connectivity index (χ3n) is 4.59. The number of benzene rings is 1. The molecular formula is C17H24BrFO. The first kappa shape index (κ1) is 16.0. The second kappa shape index (κ2) is 7.56. The normalized spacial score (nSPS) is 24.6. The van der Waals surface area contributed by atoms with Crippen molar-refractivity contribution in [1.29, 1.82) is 0 Å². The van der Waals surface area contributed by atoms with E-state index >= 15 is 0 Å². The van der Waals surface area contributed by atoms with Gasteiger partial charge in [-0.15, -0.1) is 0 Å². The summed E-state index contributed by atoms with van der Waals surface area (Å²) in [6.45, 7) is 2.24. The number of aliphatic hydroxyl groups excluding tert-OH is 1. The molecule has 1 nitrogen and oxygen atoms in total. The molecule has 0 saturated heterocycles. The van der Waals surface area contributed by atoms with Crippen LogP contribution in [0.5, 0.6) is 0 Å². The Balaban J connectivity index is 1.89. The fraction of sp³-hybridized carbons (Fsp3) is 0.647. The molecule has 20 heavy (non-hydrogen) atoms. The highest BCUT2D eigenvalue weighted by molar-refractivity contribution is 9.10. The molecule has 2 rings (SSSR count). The average Bonchev–Trinajstić information content (AvgIpc) is 2.45. The summed E-state index contributed by atoms with van der Waals surface area (Å²) in [5.74, 6) is 0.976. The lowest BCUT2D eigenvalue weighted by Crippen LogP contribution is -2.27. The largest absolute Gasteiger partial charge is 0.392 e. The van der Waals surface area contributed by atoms with Gasteiger partial charge in [-0.3, -0.25) is 0 Å². The lowest BCUT2D eigenvalue weighted by atomic mass is 9.77. The van der Waals surface area contributed by atoms with Crippen LogP contribution >= 0.6 is 15.9 Å². The van der Waals surface area contributed by atoms with Crippen LogP contribution in [0.25, 0.3) is 0 Å². The van der Waals surface area contributed by atoms with E-state index in [2.05, 4.69) is 22.9 Å². The van der Waals surface area contributed by atoms with E-state index in [1.807, 2.05) is 6.07 Å². The maximum Gasteiger partial charge on any atom is 0.137 e. The predicted octanol–water partition coefficient (Wildman–Crippen LogP) is 5.10. The third kappa shape index (κ3) is 4.05. The summed E-state index contributed by atoms with van der Waals surface area (Å²) in [5, 5.41) is 10.4. The predicted molar refractivity (Wildman–Crippen MR) is 84.2 cm³/mol. The zero-order valence-corrected chi connectivity index (χ0v) is 13.7. The Morgan fingerprint density at radius 3 is 2.65 bits per heavy atom. The quantitative estimate of drug-likeness (QED) is 0.789. The zero-order chi connectivity index (χ0) is 14.5. The van der Waals surface area contributed by atoms with E-state index in [0.29, 0.717) is 16.8 Å². The molecule has 112 valence electrons. The maximum absolute atomic E-state index is 13.5. The Bertz CT molecular complexity index is 427. The molecule has 0 radical (unpaired) electrons. The van der Waals surface area contributed by atoms with E-state index in [0.717, 1.165) is 24.3 Å². The van der Waals surface area contributed by atoms with E-state index in [-0.39, 0.29) is 11.9 Å². The second-order valence-electron chi connectivity index (χ2n) is 6.05. The summed E-state index contributed by atoms with van der Waals surface area (Å²) >= 11 is 3.28. The lowest BCUT2D eigenvalue weighted by molar-refractivity contribution is 0.0726. The molecule has 1 fully saturated rings. The van der Waals surface area contributed by atoms with E-state index in [9.17, 15) is 9.50 Å². The standard InChI is InChI=1S/C17H24BrFO/c1-2-4-12-7-9-13(10-8-12)16(20)11-14-5-3-6-15(19)17(14)18/h3,5-6,12-13,16,20H,2,4,7-11H2,1H3. The molecule has 0 bridgehead atoms. The van der Waals surface area contributed by atoms with Gasteiger partial charge >= 0.3 is 0 Å². The van der Waals surface area contributed by atoms with Crippen molar-refractivity contribution in [3.05, 3.63) is 34.1 Å². The van der Waals surface area contributed by atoms with Crippen LogP contribution in [-0.2, 0) is 6.42 Å². The highest BCUT2D eigenvalue weighted by Crippen LogP contribution is 2.34. The molecule has 1 N–H and O–H groups in total. The summed E-state index contributed by atoms with van der Waals surface area (Å²) < 4.78 is 14.0. The minimum absolute atomic E-state index is 0.249. The van der Waals surface area contributed by atoms with Crippen LogP contribution in [0.2, 0.25) is 0 Å². The van der Waals surface area contributed by atoms with Crippen LogP contribution in [0, 0.1) is 17.7 Å². The number of hydrogen-bond acceptors (Lipinski definition) is 1. The molecule has 0 spiro atoms. The van der Waals surface area contributed by atoms with Crippen LogP contribution < -0.4 is 0 Å². The number of aliphatic hydroxyl groups is 1. The topological polar surface area (TPSA) is 20.2 Å². The van der Waals surface area contributed by atoms with Gasteiger partial charge in [-0.1, -0.05) is 44.7 Å². The highest BCUT2D eigenvalue weighted by atomic mass is 79.9. The van der Waals surface area contributed by atoms with Crippen molar-refractivity contribution in [3.8, 4) is 0 Å². The first-order valence-electron chi connectivity index (χ1n) is 7.72. The van der Waals surface area contributed by atoms with Gasteiger partial charge in [0, 0.05) is 0 Å². The van der Waals surface area contributed by atoms with Gasteiger partial charge in [0.25, 0.3) is 0 Å². The molecule has 0 amide bonds. The maximum atomic E-state index is 13.5. The molecule has 1 saturated carbocycles. The molecule has 1 atom stereocenters. The Hall–Kier alpha value is -0.410. The van der Waals surface area contributed by atoms with Crippen molar-refractivity contribution in [1.82, 2.24) is 0 Å². The number of halogens is 2. The van der Waals surface area contributed by atoms with Crippen molar-refractivity contribution >= 4 is 15.9 Å². The summed E-state index contributed by atoms with van der Waals surface area (Å²) in [6, 6.07) is 5.04. The van der Waals surface area contributed by atoms with Crippen molar-refractivity contribution in [2.45, 2.75) is 58.0 Å². The highest BCUT2D eigenvalue weighted by Gasteiger charge is 2.26. The minimum atomic E-state index is -0.351. The van der Waals surface area contributed by atoms with E-state index in [1.165, 1.54) is 31.7 Å². The van der Waals surface area contributed by atoms with Gasteiger partial charge in [0.05, 0.1) is 10.6 Å². The van der Waals surface area contributed by atoms with Crippen molar-refractivity contribution in [2.75, 3.05) is 0 Å². The Labute approximate surface area is 129 Å². The van der Waals surface area contributed by atoms with Crippen molar-refractivity contribution < 1.29 is 9.50 Å². The third-order valence-corrected chi connectivity index (χ3v) is 5.48. The summed E-state index contributed by atoms with van der Waals surface area (Å²) in [7, 11) is 0. The molecule has 0 aromatic heterocycles. The molecule has 1 aromatic carbocycles. The second-order valence-corrected chi connectivity index (χ2v) is 6.85. The molecule has 1 aromatic rings. The Morgan fingerprint density at radius 2 is 2.00 bits per heavy atom. The number of hydrogen-bond donors (Lipinski definition) is 1. The van der Waals surface area contributed by atoms with Gasteiger partial charge in [-0.2, -0.15) is 0 Å². The SMILES string of the molecule is CCCC1CCC(C(O)Cc2cccc(F)c2Br)CC1. The first-order chi connectivity index (χ1) is 9.61. The fourth-order valence-corrected chi connectivity index (χ4v) is 3.79.